The second-order valence-electron chi connectivity index (χ2n) is 11.2. The van der Waals surface area contributed by atoms with Gasteiger partial charge in [-0.15, -0.1) is 0 Å². The number of benzene rings is 1. The molecule has 1 aromatic carbocycles. The molecule has 3 aromatic heterocycles. The molecule has 0 saturated carbocycles. The first kappa shape index (κ1) is 30.2. The third kappa shape index (κ3) is 6.65. The second-order valence-corrected chi connectivity index (χ2v) is 11.2. The number of anilines is 1. The number of carbonyl (C=O) groups is 3. The zero-order valence-electron chi connectivity index (χ0n) is 24.3. The number of nitrogens with one attached hydrogen (secondary N) is 2. The molecule has 234 valence electrons. The van der Waals surface area contributed by atoms with Gasteiger partial charge in [0.2, 0.25) is 11.8 Å². The van der Waals surface area contributed by atoms with Gasteiger partial charge in [-0.05, 0) is 55.2 Å². The number of fused-ring (bicyclic) bond motifs is 1. The van der Waals surface area contributed by atoms with Gasteiger partial charge in [-0.1, -0.05) is 0 Å². The Kier molecular flexibility index (Phi) is 8.23. The van der Waals surface area contributed by atoms with E-state index in [1.165, 1.54) is 7.11 Å². The van der Waals surface area contributed by atoms with Gasteiger partial charge in [0, 0.05) is 56.1 Å². The van der Waals surface area contributed by atoms with Crippen LogP contribution in [-0.2, 0) is 22.3 Å². The predicted molar refractivity (Wildman–Crippen MR) is 156 cm³/mol. The average Bonchev–Trinajstić information content (AvgIpc) is 3.43. The highest BCUT2D eigenvalue weighted by atomic mass is 19.4. The van der Waals surface area contributed by atoms with Gasteiger partial charge in [0.15, 0.2) is 0 Å². The first-order valence-electron chi connectivity index (χ1n) is 14.5. The van der Waals surface area contributed by atoms with Crippen LogP contribution in [0.25, 0.3) is 10.9 Å². The van der Waals surface area contributed by atoms with Crippen LogP contribution in [0.3, 0.4) is 0 Å². The summed E-state index contributed by atoms with van der Waals surface area (Å²) < 4.78 is 45.9. The minimum Gasteiger partial charge on any atom is -0.494 e. The van der Waals surface area contributed by atoms with E-state index in [9.17, 15) is 27.6 Å². The van der Waals surface area contributed by atoms with Crippen molar-refractivity contribution < 1.29 is 32.3 Å². The molecular weight excluding hydrogens is 591 g/mol. The van der Waals surface area contributed by atoms with E-state index in [1.807, 2.05) is 23.0 Å². The Bertz CT molecular complexity index is 1750. The van der Waals surface area contributed by atoms with E-state index in [0.717, 1.165) is 55.2 Å². The van der Waals surface area contributed by atoms with Gasteiger partial charge < -0.3 is 10.1 Å². The smallest absolute Gasteiger partial charge is 0.433 e. The Labute approximate surface area is 255 Å². The highest BCUT2D eigenvalue weighted by molar-refractivity contribution is 6.06. The number of imide groups is 1. The number of amides is 3. The zero-order valence-corrected chi connectivity index (χ0v) is 24.3. The number of likely N-dealkylation sites (tertiary alicyclic amines) is 1. The average molecular weight is 622 g/mol. The Morgan fingerprint density at radius 2 is 1.89 bits per heavy atom. The number of hydrogen-bond donors (Lipinski definition) is 2. The van der Waals surface area contributed by atoms with E-state index in [1.54, 1.807) is 18.3 Å². The van der Waals surface area contributed by atoms with E-state index < -0.39 is 23.7 Å². The van der Waals surface area contributed by atoms with Gasteiger partial charge in [0.1, 0.15) is 11.4 Å². The van der Waals surface area contributed by atoms with Crippen LogP contribution in [-0.4, -0.2) is 62.6 Å². The fourth-order valence-electron chi connectivity index (χ4n) is 5.77. The van der Waals surface area contributed by atoms with E-state index >= 15 is 0 Å². The molecule has 2 aliphatic heterocycles. The molecule has 0 radical (unpaired) electrons. The number of ether oxygens (including phenoxy) is 1. The zero-order chi connectivity index (χ0) is 31.7. The largest absolute Gasteiger partial charge is 0.494 e. The van der Waals surface area contributed by atoms with Crippen LogP contribution in [0.5, 0.6) is 5.75 Å². The Hall–Kier alpha value is -4.85. The van der Waals surface area contributed by atoms with Gasteiger partial charge in [0.25, 0.3) is 5.91 Å². The highest BCUT2D eigenvalue weighted by Gasteiger charge is 2.32. The third-order valence-corrected chi connectivity index (χ3v) is 8.19. The molecule has 2 N–H and O–H groups in total. The van der Waals surface area contributed by atoms with Crippen molar-refractivity contribution in [3.05, 3.63) is 77.5 Å². The number of rotatable bonds is 7. The summed E-state index contributed by atoms with van der Waals surface area (Å²) in [6.45, 7) is 2.39. The fraction of sp³-hybridized carbons (Fsp3) is 0.355. The first-order valence-corrected chi connectivity index (χ1v) is 14.5. The Morgan fingerprint density at radius 3 is 2.58 bits per heavy atom. The lowest BCUT2D eigenvalue weighted by atomic mass is 9.93. The molecule has 2 saturated heterocycles. The summed E-state index contributed by atoms with van der Waals surface area (Å²) >= 11 is 0. The molecule has 45 heavy (non-hydrogen) atoms. The molecule has 14 heteroatoms. The van der Waals surface area contributed by atoms with Crippen LogP contribution >= 0.6 is 0 Å². The molecule has 2 aliphatic rings. The standard InChI is InChI=1S/C31H30F3N7O4/c1-45-26-14-23-20(13-25(26)37-29(43)19-2-4-27(36-15-19)31(32,33)34)17-41(39-23)21-7-10-40(11-8-21)16-18-6-9-35-24(12-18)22-3-5-28(42)38-30(22)44/h2,4,6,9,12-15,17,21-22H,3,5,7-8,10-11,16H2,1H3,(H,37,43)(H,38,42,44). The SMILES string of the molecule is COc1cc2nn(C3CCN(Cc4ccnc(C5CCC(=O)NC5=O)c4)CC3)cc2cc1NC(=O)c1ccc(C(F)(F)F)nc1. The van der Waals surface area contributed by atoms with Crippen molar-refractivity contribution in [2.24, 2.45) is 0 Å². The van der Waals surface area contributed by atoms with Crippen LogP contribution in [0.1, 0.15) is 65.0 Å². The fourth-order valence-corrected chi connectivity index (χ4v) is 5.77. The summed E-state index contributed by atoms with van der Waals surface area (Å²) in [4.78, 5) is 46.7. The van der Waals surface area contributed by atoms with Crippen LogP contribution < -0.4 is 15.4 Å². The number of hydrogen-bond acceptors (Lipinski definition) is 8. The summed E-state index contributed by atoms with van der Waals surface area (Å²) in [5.41, 5.74) is 1.68. The van der Waals surface area contributed by atoms with Crippen LogP contribution in [0.4, 0.5) is 18.9 Å². The van der Waals surface area contributed by atoms with Crippen LogP contribution in [0.15, 0.2) is 55.0 Å². The number of aromatic nitrogens is 4. The molecule has 0 bridgehead atoms. The van der Waals surface area contributed by atoms with Gasteiger partial charge >= 0.3 is 6.18 Å². The first-order chi connectivity index (χ1) is 21.6. The molecule has 5 heterocycles. The van der Waals surface area contributed by atoms with Crippen molar-refractivity contribution in [3.63, 3.8) is 0 Å². The topological polar surface area (TPSA) is 131 Å². The molecule has 6 rings (SSSR count). The van der Waals surface area contributed by atoms with E-state index in [-0.39, 0.29) is 23.4 Å². The molecule has 2 fully saturated rings. The summed E-state index contributed by atoms with van der Waals surface area (Å²) in [5, 5.41) is 10.6. The molecule has 11 nitrogen and oxygen atoms in total. The molecule has 0 aliphatic carbocycles. The molecular formula is C31H30F3N7O4. The summed E-state index contributed by atoms with van der Waals surface area (Å²) in [7, 11) is 1.46. The number of methoxy groups -OCH3 is 1. The van der Waals surface area contributed by atoms with Gasteiger partial charge in [-0.3, -0.25) is 39.3 Å². The highest BCUT2D eigenvalue weighted by Crippen LogP contribution is 2.33. The van der Waals surface area contributed by atoms with Gasteiger partial charge in [0.05, 0.1) is 41.5 Å². The quantitative estimate of drug-likeness (QED) is 0.289. The van der Waals surface area contributed by atoms with Gasteiger partial charge in [-0.25, -0.2) is 0 Å². The van der Waals surface area contributed by atoms with Crippen molar-refractivity contribution in [3.8, 4) is 5.75 Å². The summed E-state index contributed by atoms with van der Waals surface area (Å²) in [6, 6.07) is 9.33. The van der Waals surface area contributed by atoms with Crippen LogP contribution in [0.2, 0.25) is 0 Å². The van der Waals surface area contributed by atoms with Crippen LogP contribution in [0, 0.1) is 0 Å². The molecule has 4 aromatic rings. The lowest BCUT2D eigenvalue weighted by Gasteiger charge is -2.32. The van der Waals surface area contributed by atoms with E-state index in [2.05, 4.69) is 25.5 Å². The maximum Gasteiger partial charge on any atom is 0.433 e. The minimum atomic E-state index is -4.59. The monoisotopic (exact) mass is 621 g/mol. The molecule has 3 amide bonds. The second kappa shape index (κ2) is 12.3. The van der Waals surface area contributed by atoms with Crippen molar-refractivity contribution >= 4 is 34.3 Å². The maximum absolute atomic E-state index is 12.8. The number of halogens is 3. The maximum atomic E-state index is 12.8. The van der Waals surface area contributed by atoms with Crippen molar-refractivity contribution in [2.45, 2.75) is 50.4 Å². The number of alkyl halides is 3. The van der Waals surface area contributed by atoms with E-state index in [4.69, 9.17) is 9.84 Å². The Balaban J connectivity index is 1.09. The van der Waals surface area contributed by atoms with Crippen molar-refractivity contribution in [1.29, 1.82) is 0 Å². The van der Waals surface area contributed by atoms with Crippen molar-refractivity contribution in [1.82, 2.24) is 30.0 Å². The molecule has 1 atom stereocenters. The number of carbonyl (C=O) groups excluding carboxylic acids is 3. The lowest BCUT2D eigenvalue weighted by Crippen LogP contribution is -2.39. The predicted octanol–water partition coefficient (Wildman–Crippen LogP) is 4.46. The number of pyridine rings is 2. The Morgan fingerprint density at radius 1 is 1.09 bits per heavy atom. The van der Waals surface area contributed by atoms with E-state index in [0.29, 0.717) is 42.0 Å². The normalized spacial score (nSPS) is 18.2. The van der Waals surface area contributed by atoms with Crippen molar-refractivity contribution in [2.75, 3.05) is 25.5 Å². The number of nitrogens with zero attached hydrogens (tertiary/aromatic N) is 5. The molecule has 1 unspecified atom stereocenters. The third-order valence-electron chi connectivity index (χ3n) is 8.19. The number of piperidine rings is 2. The summed E-state index contributed by atoms with van der Waals surface area (Å²) in [6.07, 6.45) is 2.41. The lowest BCUT2D eigenvalue weighted by molar-refractivity contribution is -0.141. The minimum absolute atomic E-state index is 0.0217. The summed E-state index contributed by atoms with van der Waals surface area (Å²) in [5.74, 6) is -1.22. The van der Waals surface area contributed by atoms with Gasteiger partial charge in [-0.2, -0.15) is 18.3 Å². The molecule has 0 spiro atoms.